The van der Waals surface area contributed by atoms with Crippen LogP contribution >= 0.6 is 15.9 Å². The van der Waals surface area contributed by atoms with Crippen LogP contribution in [0.3, 0.4) is 0 Å². The van der Waals surface area contributed by atoms with Gasteiger partial charge in [0.25, 0.3) is 0 Å². The van der Waals surface area contributed by atoms with Crippen LogP contribution in [0.4, 0.5) is 10.1 Å². The Morgan fingerprint density at radius 3 is 2.85 bits per heavy atom. The van der Waals surface area contributed by atoms with Crippen molar-refractivity contribution < 1.29 is 9.18 Å². The first-order valence-electron chi connectivity index (χ1n) is 6.19. The molecule has 0 aliphatic heterocycles. The number of anilines is 1. The minimum atomic E-state index is -0.453. The zero-order valence-corrected chi connectivity index (χ0v) is 12.9. The zero-order valence-electron chi connectivity index (χ0n) is 11.3. The third-order valence-electron chi connectivity index (χ3n) is 3.16. The van der Waals surface area contributed by atoms with Gasteiger partial charge in [-0.05, 0) is 37.1 Å². The number of hydrogen-bond donors (Lipinski definition) is 1. The van der Waals surface area contributed by atoms with Crippen molar-refractivity contribution in [3.05, 3.63) is 45.9 Å². The monoisotopic (exact) mass is 339 g/mol. The number of carbonyl (C=O) groups excluding carboxylic acids is 1. The van der Waals surface area contributed by atoms with Gasteiger partial charge in [-0.1, -0.05) is 15.9 Å². The van der Waals surface area contributed by atoms with E-state index in [0.717, 1.165) is 11.3 Å². The van der Waals surface area contributed by atoms with Crippen LogP contribution in [0.5, 0.6) is 0 Å². The van der Waals surface area contributed by atoms with Crippen LogP contribution < -0.4 is 5.32 Å². The van der Waals surface area contributed by atoms with Gasteiger partial charge < -0.3 is 5.32 Å². The van der Waals surface area contributed by atoms with Crippen LogP contribution in [-0.2, 0) is 18.3 Å². The van der Waals surface area contributed by atoms with Gasteiger partial charge in [-0.3, -0.25) is 9.48 Å². The van der Waals surface area contributed by atoms with Gasteiger partial charge in [-0.2, -0.15) is 5.10 Å². The van der Waals surface area contributed by atoms with Crippen molar-refractivity contribution in [3.8, 4) is 0 Å². The summed E-state index contributed by atoms with van der Waals surface area (Å²) in [6.45, 7) is 1.95. The molecule has 20 heavy (non-hydrogen) atoms. The highest BCUT2D eigenvalue weighted by Crippen LogP contribution is 2.19. The Kier molecular flexibility index (Phi) is 4.54. The van der Waals surface area contributed by atoms with Crippen LogP contribution in [0.15, 0.2) is 28.9 Å². The number of aryl methyl sites for hydroxylation is 2. The molecule has 0 fully saturated rings. The summed E-state index contributed by atoms with van der Waals surface area (Å²) in [4.78, 5) is 11.8. The molecule has 1 aromatic heterocycles. The number of nitrogens with one attached hydrogen (secondary N) is 1. The summed E-state index contributed by atoms with van der Waals surface area (Å²) in [7, 11) is 1.86. The maximum Gasteiger partial charge on any atom is 0.224 e. The second kappa shape index (κ2) is 6.17. The molecule has 0 unspecified atom stereocenters. The highest BCUT2D eigenvalue weighted by atomic mass is 79.9. The molecular formula is C14H15BrFN3O. The first-order valence-corrected chi connectivity index (χ1v) is 6.99. The van der Waals surface area contributed by atoms with E-state index in [1.807, 2.05) is 14.0 Å². The zero-order chi connectivity index (χ0) is 14.7. The van der Waals surface area contributed by atoms with E-state index in [4.69, 9.17) is 0 Å². The topological polar surface area (TPSA) is 46.9 Å². The molecule has 2 aromatic rings. The summed E-state index contributed by atoms with van der Waals surface area (Å²) in [5, 5.41) is 6.69. The van der Waals surface area contributed by atoms with Gasteiger partial charge in [0.1, 0.15) is 5.82 Å². The second-order valence-electron chi connectivity index (χ2n) is 4.55. The number of aromatic nitrogens is 2. The molecule has 1 amide bonds. The average Bonchev–Trinajstić information content (AvgIpc) is 2.71. The molecular weight excluding hydrogens is 325 g/mol. The lowest BCUT2D eigenvalue weighted by Crippen LogP contribution is -2.13. The second-order valence-corrected chi connectivity index (χ2v) is 5.47. The number of rotatable bonds is 4. The SMILES string of the molecule is Cc1c(CCC(=O)Nc2ccc(Br)cc2F)cnn1C. The Hall–Kier alpha value is -1.69. The number of halogens is 2. The van der Waals surface area contributed by atoms with Crippen LogP contribution in [-0.4, -0.2) is 15.7 Å². The van der Waals surface area contributed by atoms with E-state index < -0.39 is 5.82 Å². The summed E-state index contributed by atoms with van der Waals surface area (Å²) in [6.07, 6.45) is 2.63. The molecule has 6 heteroatoms. The minimum absolute atomic E-state index is 0.195. The Bertz CT molecular complexity index is 639. The molecule has 0 radical (unpaired) electrons. The average molecular weight is 340 g/mol. The summed E-state index contributed by atoms with van der Waals surface area (Å²) in [5.41, 5.74) is 2.26. The summed E-state index contributed by atoms with van der Waals surface area (Å²) in [5.74, 6) is -0.667. The minimum Gasteiger partial charge on any atom is -0.324 e. The normalized spacial score (nSPS) is 10.6. The molecule has 4 nitrogen and oxygen atoms in total. The lowest BCUT2D eigenvalue weighted by Gasteiger charge is -2.06. The summed E-state index contributed by atoms with van der Waals surface area (Å²) in [6, 6.07) is 4.54. The van der Waals surface area contributed by atoms with Gasteiger partial charge in [0.05, 0.1) is 11.9 Å². The fourth-order valence-corrected chi connectivity index (χ4v) is 2.17. The third-order valence-corrected chi connectivity index (χ3v) is 3.66. The molecule has 106 valence electrons. The predicted octanol–water partition coefficient (Wildman–Crippen LogP) is 3.20. The van der Waals surface area contributed by atoms with Crippen molar-refractivity contribution in [3.63, 3.8) is 0 Å². The van der Waals surface area contributed by atoms with Gasteiger partial charge in [-0.15, -0.1) is 0 Å². The highest BCUT2D eigenvalue weighted by Gasteiger charge is 2.10. The Balaban J connectivity index is 1.94. The lowest BCUT2D eigenvalue weighted by molar-refractivity contribution is -0.116. The molecule has 0 bridgehead atoms. The molecule has 1 aromatic carbocycles. The van der Waals surface area contributed by atoms with Gasteiger partial charge in [0.15, 0.2) is 0 Å². The van der Waals surface area contributed by atoms with Crippen molar-refractivity contribution >= 4 is 27.5 Å². The fraction of sp³-hybridized carbons (Fsp3) is 0.286. The molecule has 1 N–H and O–H groups in total. The van der Waals surface area contributed by atoms with Crippen molar-refractivity contribution in [1.29, 1.82) is 0 Å². The van der Waals surface area contributed by atoms with E-state index in [1.54, 1.807) is 16.9 Å². The van der Waals surface area contributed by atoms with E-state index in [1.165, 1.54) is 12.1 Å². The number of nitrogens with zero attached hydrogens (tertiary/aromatic N) is 2. The maximum atomic E-state index is 13.6. The van der Waals surface area contributed by atoms with Gasteiger partial charge >= 0.3 is 0 Å². The molecule has 0 atom stereocenters. The van der Waals surface area contributed by atoms with Crippen LogP contribution in [0.2, 0.25) is 0 Å². The molecule has 2 rings (SSSR count). The summed E-state index contributed by atoms with van der Waals surface area (Å²) >= 11 is 3.17. The Labute approximate surface area is 125 Å². The Morgan fingerprint density at radius 2 is 2.25 bits per heavy atom. The van der Waals surface area contributed by atoms with Crippen molar-refractivity contribution in [2.75, 3.05) is 5.32 Å². The van der Waals surface area contributed by atoms with Gasteiger partial charge in [-0.25, -0.2) is 4.39 Å². The van der Waals surface area contributed by atoms with E-state index in [-0.39, 0.29) is 11.6 Å². The number of benzene rings is 1. The van der Waals surface area contributed by atoms with Crippen LogP contribution in [0.25, 0.3) is 0 Å². The fourth-order valence-electron chi connectivity index (χ4n) is 1.84. The molecule has 0 saturated carbocycles. The third kappa shape index (κ3) is 3.45. The van der Waals surface area contributed by atoms with E-state index in [9.17, 15) is 9.18 Å². The van der Waals surface area contributed by atoms with Crippen LogP contribution in [0.1, 0.15) is 17.7 Å². The molecule has 0 aliphatic carbocycles. The van der Waals surface area contributed by atoms with E-state index in [0.29, 0.717) is 17.3 Å². The quantitative estimate of drug-likeness (QED) is 0.929. The molecule has 0 spiro atoms. The van der Waals surface area contributed by atoms with Crippen LogP contribution in [0, 0.1) is 12.7 Å². The predicted molar refractivity (Wildman–Crippen MR) is 79.0 cm³/mol. The van der Waals surface area contributed by atoms with E-state index >= 15 is 0 Å². The van der Waals surface area contributed by atoms with Gasteiger partial charge in [0, 0.05) is 23.6 Å². The van der Waals surface area contributed by atoms with E-state index in [2.05, 4.69) is 26.3 Å². The first-order chi connectivity index (χ1) is 9.47. The standard InChI is InChI=1S/C14H15BrFN3O/c1-9-10(8-17-19(9)2)3-6-14(20)18-13-5-4-11(15)7-12(13)16/h4-5,7-8H,3,6H2,1-2H3,(H,18,20). The van der Waals surface area contributed by atoms with Crippen molar-refractivity contribution in [2.45, 2.75) is 19.8 Å². The highest BCUT2D eigenvalue weighted by molar-refractivity contribution is 9.10. The van der Waals surface area contributed by atoms with Crippen molar-refractivity contribution in [1.82, 2.24) is 9.78 Å². The molecule has 0 saturated heterocycles. The summed E-state index contributed by atoms with van der Waals surface area (Å²) < 4.78 is 16.0. The number of carbonyl (C=O) groups is 1. The molecule has 1 heterocycles. The number of amides is 1. The smallest absolute Gasteiger partial charge is 0.224 e. The Morgan fingerprint density at radius 1 is 1.50 bits per heavy atom. The molecule has 0 aliphatic rings. The first kappa shape index (κ1) is 14.7. The maximum absolute atomic E-state index is 13.6. The number of hydrogen-bond acceptors (Lipinski definition) is 2. The lowest BCUT2D eigenvalue weighted by atomic mass is 10.1. The van der Waals surface area contributed by atoms with Gasteiger partial charge in [0.2, 0.25) is 5.91 Å². The largest absolute Gasteiger partial charge is 0.324 e. The van der Waals surface area contributed by atoms with Crippen molar-refractivity contribution in [2.24, 2.45) is 7.05 Å².